The molecule has 2 nitrogen and oxygen atoms in total. The number of hydrogen-bond donors (Lipinski definition) is 0. The van der Waals surface area contributed by atoms with E-state index >= 15 is 0 Å². The van der Waals surface area contributed by atoms with Gasteiger partial charge in [0.1, 0.15) is 0 Å². The lowest BCUT2D eigenvalue weighted by molar-refractivity contribution is 0.645. The summed E-state index contributed by atoms with van der Waals surface area (Å²) in [6, 6.07) is 57.7. The highest BCUT2D eigenvalue weighted by atomic mass is 15.0. The van der Waals surface area contributed by atoms with E-state index in [2.05, 4.69) is 206 Å². The van der Waals surface area contributed by atoms with Gasteiger partial charge in [0.05, 0.1) is 11.7 Å². The lowest BCUT2D eigenvalue weighted by atomic mass is 9.85. The van der Waals surface area contributed by atoms with Gasteiger partial charge in [0.2, 0.25) is 0 Å². The number of allylic oxidation sites excluding steroid dienone is 8. The van der Waals surface area contributed by atoms with Gasteiger partial charge in [0.15, 0.2) is 0 Å². The topological polar surface area (TPSA) is 17.3 Å². The summed E-state index contributed by atoms with van der Waals surface area (Å²) in [7, 11) is 0. The molecule has 0 fully saturated rings. The minimum absolute atomic E-state index is 0.269. The maximum absolute atomic E-state index is 5.60. The number of aliphatic imine (C=N–C) groups is 1. The maximum Gasteiger partial charge on any atom is 0.0753 e. The van der Waals surface area contributed by atoms with Crippen LogP contribution in [0.25, 0.3) is 76.4 Å². The zero-order chi connectivity index (χ0) is 39.9. The van der Waals surface area contributed by atoms with Crippen molar-refractivity contribution in [1.29, 1.82) is 0 Å². The second-order valence-corrected chi connectivity index (χ2v) is 15.4. The molecule has 2 aliphatic rings. The Labute approximate surface area is 346 Å². The van der Waals surface area contributed by atoms with E-state index in [1.165, 1.54) is 93.1 Å². The lowest BCUT2D eigenvalue weighted by Gasteiger charge is -2.22. The summed E-state index contributed by atoms with van der Waals surface area (Å²) in [6.07, 6.45) is 15.7. The second-order valence-electron chi connectivity index (χ2n) is 15.4. The Balaban J connectivity index is 0.00000207. The van der Waals surface area contributed by atoms with E-state index in [4.69, 9.17) is 4.99 Å². The van der Waals surface area contributed by atoms with Gasteiger partial charge in [-0.1, -0.05) is 178 Å². The van der Waals surface area contributed by atoms with Crippen LogP contribution in [0.2, 0.25) is 0 Å². The van der Waals surface area contributed by atoms with Crippen LogP contribution in [-0.4, -0.2) is 10.3 Å². The molecule has 2 heteroatoms. The maximum atomic E-state index is 5.60. The molecular formula is C57H46N2. The average molecular weight is 759 g/mol. The van der Waals surface area contributed by atoms with E-state index in [0.717, 1.165) is 24.2 Å². The Morgan fingerprint density at radius 2 is 1.00 bits per heavy atom. The van der Waals surface area contributed by atoms with Gasteiger partial charge in [-0.25, -0.2) is 0 Å². The molecule has 284 valence electrons. The summed E-state index contributed by atoms with van der Waals surface area (Å²) in [6.45, 7) is 6.26. The van der Waals surface area contributed by atoms with Crippen LogP contribution < -0.4 is 0 Å². The summed E-state index contributed by atoms with van der Waals surface area (Å²) in [5.41, 5.74) is 13.2. The summed E-state index contributed by atoms with van der Waals surface area (Å²) >= 11 is 0. The fraction of sp³-hybridized carbons (Fsp3) is 0.105. The van der Waals surface area contributed by atoms with E-state index in [1.807, 2.05) is 13.8 Å². The SMILES string of the molecule is CC.Cc1c(N=C2C=CC(C3=CCC(n4c5ccccc5c5ccccc54)C=C3)=CC2)c(-c2ccc3ccccc3c2)c2ccccc2c1-c1ccc2ccccc2c1. The van der Waals surface area contributed by atoms with Gasteiger partial charge >= 0.3 is 0 Å². The van der Waals surface area contributed by atoms with Crippen LogP contribution >= 0.6 is 0 Å². The number of para-hydroxylation sites is 2. The smallest absolute Gasteiger partial charge is 0.0753 e. The van der Waals surface area contributed by atoms with E-state index in [9.17, 15) is 0 Å². The van der Waals surface area contributed by atoms with Crippen LogP contribution in [0, 0.1) is 6.92 Å². The van der Waals surface area contributed by atoms with Gasteiger partial charge < -0.3 is 4.57 Å². The first-order chi connectivity index (χ1) is 29.2. The van der Waals surface area contributed by atoms with Crippen molar-refractivity contribution in [3.8, 4) is 22.3 Å². The highest BCUT2D eigenvalue weighted by Gasteiger charge is 2.22. The zero-order valence-corrected chi connectivity index (χ0v) is 33.9. The molecule has 11 rings (SSSR count). The molecule has 0 spiro atoms. The van der Waals surface area contributed by atoms with Crippen molar-refractivity contribution in [2.24, 2.45) is 4.99 Å². The molecule has 0 aliphatic heterocycles. The van der Waals surface area contributed by atoms with Crippen molar-refractivity contribution >= 4 is 65.5 Å². The third kappa shape index (κ3) is 6.42. The Bertz CT molecular complexity index is 3200. The van der Waals surface area contributed by atoms with Gasteiger partial charge in [-0.2, -0.15) is 0 Å². The molecule has 0 saturated carbocycles. The van der Waals surface area contributed by atoms with Crippen LogP contribution in [0.15, 0.2) is 210 Å². The minimum atomic E-state index is 0.269. The summed E-state index contributed by atoms with van der Waals surface area (Å²) in [4.78, 5) is 5.60. The average Bonchev–Trinajstić information content (AvgIpc) is 3.64. The number of rotatable bonds is 5. The third-order valence-electron chi connectivity index (χ3n) is 12.1. The molecule has 0 N–H and O–H groups in total. The normalized spacial score (nSPS) is 15.8. The molecule has 0 radical (unpaired) electrons. The molecule has 1 heterocycles. The first-order valence-electron chi connectivity index (χ1n) is 21.0. The first kappa shape index (κ1) is 36.3. The van der Waals surface area contributed by atoms with Crippen LogP contribution in [0.4, 0.5) is 5.69 Å². The Morgan fingerprint density at radius 3 is 1.56 bits per heavy atom. The molecule has 0 bridgehead atoms. The van der Waals surface area contributed by atoms with Gasteiger partial charge in [-0.15, -0.1) is 0 Å². The van der Waals surface area contributed by atoms with Gasteiger partial charge in [-0.3, -0.25) is 4.99 Å². The predicted octanol–water partition coefficient (Wildman–Crippen LogP) is 16.0. The Hall–Kier alpha value is -7.03. The largest absolute Gasteiger partial charge is 0.333 e. The van der Waals surface area contributed by atoms with Crippen molar-refractivity contribution < 1.29 is 0 Å². The van der Waals surface area contributed by atoms with Crippen molar-refractivity contribution in [1.82, 2.24) is 4.57 Å². The molecule has 0 saturated heterocycles. The van der Waals surface area contributed by atoms with Gasteiger partial charge in [0.25, 0.3) is 0 Å². The Kier molecular flexibility index (Phi) is 9.47. The Morgan fingerprint density at radius 1 is 0.492 bits per heavy atom. The van der Waals surface area contributed by atoms with Crippen molar-refractivity contribution in [2.75, 3.05) is 0 Å². The van der Waals surface area contributed by atoms with E-state index in [0.29, 0.717) is 0 Å². The summed E-state index contributed by atoms with van der Waals surface area (Å²) in [5.74, 6) is 0. The van der Waals surface area contributed by atoms with Crippen LogP contribution in [0.1, 0.15) is 38.3 Å². The fourth-order valence-corrected chi connectivity index (χ4v) is 9.35. The van der Waals surface area contributed by atoms with Crippen LogP contribution in [0.5, 0.6) is 0 Å². The van der Waals surface area contributed by atoms with E-state index in [-0.39, 0.29) is 6.04 Å². The van der Waals surface area contributed by atoms with E-state index < -0.39 is 0 Å². The van der Waals surface area contributed by atoms with Crippen LogP contribution in [0.3, 0.4) is 0 Å². The predicted molar refractivity (Wildman–Crippen MR) is 255 cm³/mol. The van der Waals surface area contributed by atoms with Gasteiger partial charge in [-0.05, 0) is 109 Å². The molecule has 2 aliphatic carbocycles. The highest BCUT2D eigenvalue weighted by molar-refractivity contribution is 6.14. The molecule has 59 heavy (non-hydrogen) atoms. The molecule has 1 atom stereocenters. The molecule has 1 unspecified atom stereocenters. The van der Waals surface area contributed by atoms with E-state index in [1.54, 1.807) is 0 Å². The summed E-state index contributed by atoms with van der Waals surface area (Å²) < 4.78 is 2.51. The standard InChI is InChI=1S/C55H40N2.C2H6/c1-36-53(43-24-22-37-12-2-4-14-41(37)34-43)49-18-6-7-19-50(49)54(44-25-23-38-13-3-5-15-42(38)35-44)55(36)56-45-30-26-39(27-31-45)40-28-32-46(33-29-40)57-51-20-10-8-16-47(51)48-17-9-11-21-52(48)57;1-2/h2-30,32,34-35,46H,31,33H2,1H3;1-2H3. The van der Waals surface area contributed by atoms with Crippen molar-refractivity contribution in [2.45, 2.75) is 39.7 Å². The molecule has 8 aromatic carbocycles. The number of fused-ring (bicyclic) bond motifs is 6. The lowest BCUT2D eigenvalue weighted by Crippen LogP contribution is -2.09. The molecular weight excluding hydrogens is 713 g/mol. The fourth-order valence-electron chi connectivity index (χ4n) is 9.35. The number of benzene rings is 8. The summed E-state index contributed by atoms with van der Waals surface area (Å²) in [5, 5.41) is 10.0. The van der Waals surface area contributed by atoms with Crippen LogP contribution in [-0.2, 0) is 0 Å². The monoisotopic (exact) mass is 758 g/mol. The van der Waals surface area contributed by atoms with Gasteiger partial charge in [0, 0.05) is 39.5 Å². The number of aromatic nitrogens is 1. The minimum Gasteiger partial charge on any atom is -0.333 e. The van der Waals surface area contributed by atoms with Crippen molar-refractivity contribution in [3.63, 3.8) is 0 Å². The molecule has 0 amide bonds. The number of nitrogens with zero attached hydrogens (tertiary/aromatic N) is 2. The third-order valence-corrected chi connectivity index (χ3v) is 12.1. The second kappa shape index (κ2) is 15.4. The quantitative estimate of drug-likeness (QED) is 0.166. The number of hydrogen-bond acceptors (Lipinski definition) is 1. The van der Waals surface area contributed by atoms with Crippen molar-refractivity contribution in [3.05, 3.63) is 211 Å². The zero-order valence-electron chi connectivity index (χ0n) is 33.9. The molecule has 9 aromatic rings. The first-order valence-corrected chi connectivity index (χ1v) is 21.0. The molecule has 1 aromatic heterocycles. The highest BCUT2D eigenvalue weighted by Crippen LogP contribution is 2.47.